The van der Waals surface area contributed by atoms with Crippen LogP contribution in [0.2, 0.25) is 0 Å². The molecule has 35 heavy (non-hydrogen) atoms. The van der Waals surface area contributed by atoms with Gasteiger partial charge in [-0.1, -0.05) is 0 Å². The molecule has 1 aromatic carbocycles. The van der Waals surface area contributed by atoms with Crippen molar-refractivity contribution in [3.63, 3.8) is 0 Å². The van der Waals surface area contributed by atoms with Gasteiger partial charge >= 0.3 is 6.18 Å². The third kappa shape index (κ3) is 4.76. The number of fused-ring (bicyclic) bond motifs is 1. The van der Waals surface area contributed by atoms with Crippen molar-refractivity contribution < 1.29 is 22.7 Å². The first-order chi connectivity index (χ1) is 16.7. The number of hydrogen-bond donors (Lipinski definition) is 1. The molecule has 12 heteroatoms. The Morgan fingerprint density at radius 3 is 2.63 bits per heavy atom. The number of aryl methyl sites for hydroxylation is 1. The van der Waals surface area contributed by atoms with E-state index in [0.29, 0.717) is 23.3 Å². The van der Waals surface area contributed by atoms with Crippen molar-refractivity contribution >= 4 is 28.1 Å². The Balaban J connectivity index is 1.46. The topological polar surface area (TPSA) is 94.8 Å². The van der Waals surface area contributed by atoms with Crippen molar-refractivity contribution in [3.8, 4) is 10.6 Å². The average Bonchev–Trinajstić information content (AvgIpc) is 3.58. The normalized spacial score (nSPS) is 17.1. The van der Waals surface area contributed by atoms with Crippen molar-refractivity contribution in [2.24, 2.45) is 0 Å². The molecule has 0 aliphatic carbocycles. The monoisotopic (exact) mass is 502 g/mol. The van der Waals surface area contributed by atoms with E-state index in [-0.39, 0.29) is 6.23 Å². The van der Waals surface area contributed by atoms with Crippen LogP contribution >= 0.6 is 11.3 Å². The predicted molar refractivity (Wildman–Crippen MR) is 123 cm³/mol. The number of nitrogens with one attached hydrogen (secondary N) is 1. The number of carbonyl (C=O) groups excluding carboxylic acids is 1. The highest BCUT2D eigenvalue weighted by Gasteiger charge is 2.34. The molecule has 3 aromatic heterocycles. The zero-order chi connectivity index (χ0) is 24.7. The van der Waals surface area contributed by atoms with Gasteiger partial charge in [0.05, 0.1) is 11.6 Å². The summed E-state index contributed by atoms with van der Waals surface area (Å²) >= 11 is 1.51. The van der Waals surface area contributed by atoms with E-state index in [1.54, 1.807) is 29.9 Å². The van der Waals surface area contributed by atoms with Gasteiger partial charge in [0.25, 0.3) is 5.91 Å². The fourth-order valence-electron chi connectivity index (χ4n) is 3.92. The Labute approximate surface area is 202 Å². The first-order valence-electron chi connectivity index (χ1n) is 11.0. The quantitative estimate of drug-likeness (QED) is 0.409. The van der Waals surface area contributed by atoms with Gasteiger partial charge < -0.3 is 10.1 Å². The lowest BCUT2D eigenvalue weighted by Gasteiger charge is -2.15. The van der Waals surface area contributed by atoms with Gasteiger partial charge in [-0.2, -0.15) is 18.3 Å². The third-order valence-electron chi connectivity index (χ3n) is 5.73. The minimum absolute atomic E-state index is 0.148. The zero-order valence-corrected chi connectivity index (χ0v) is 19.7. The number of carbonyl (C=O) groups is 1. The number of benzene rings is 1. The van der Waals surface area contributed by atoms with Gasteiger partial charge in [-0.25, -0.2) is 19.6 Å². The molecule has 1 aliphatic heterocycles. The molecule has 1 fully saturated rings. The maximum Gasteiger partial charge on any atom is 0.451 e. The molecule has 182 valence electrons. The van der Waals surface area contributed by atoms with Crippen LogP contribution in [0.15, 0.2) is 36.9 Å². The SMILES string of the molecule is Cc1cnc(-c2cc(C(=O)NC(C)c3cnc(C(F)(F)F)nc3)cc3nn(C4CCCO4)cc23)s1. The fraction of sp³-hybridized carbons (Fsp3) is 0.348. The smallest absolute Gasteiger partial charge is 0.357 e. The molecule has 8 nitrogen and oxygen atoms in total. The highest BCUT2D eigenvalue weighted by molar-refractivity contribution is 7.15. The number of rotatable bonds is 5. The third-order valence-corrected chi connectivity index (χ3v) is 6.68. The molecule has 5 rings (SSSR count). The van der Waals surface area contributed by atoms with Crippen molar-refractivity contribution in [2.75, 3.05) is 6.61 Å². The number of nitrogens with zero attached hydrogens (tertiary/aromatic N) is 5. The van der Waals surface area contributed by atoms with E-state index >= 15 is 0 Å². The van der Waals surface area contributed by atoms with E-state index in [1.165, 1.54) is 11.3 Å². The summed E-state index contributed by atoms with van der Waals surface area (Å²) in [6, 6.07) is 2.83. The second kappa shape index (κ2) is 9.00. The largest absolute Gasteiger partial charge is 0.451 e. The van der Waals surface area contributed by atoms with E-state index in [9.17, 15) is 18.0 Å². The lowest BCUT2D eigenvalue weighted by atomic mass is 10.1. The molecule has 2 unspecified atom stereocenters. The minimum atomic E-state index is -4.63. The van der Waals surface area contributed by atoms with Crippen LogP contribution in [0, 0.1) is 6.92 Å². The van der Waals surface area contributed by atoms with E-state index in [4.69, 9.17) is 4.74 Å². The molecule has 2 atom stereocenters. The molecule has 0 bridgehead atoms. The van der Waals surface area contributed by atoms with Crippen molar-refractivity contribution in [1.82, 2.24) is 30.0 Å². The Morgan fingerprint density at radius 1 is 1.23 bits per heavy atom. The molecule has 4 heterocycles. The number of halogens is 3. The molecule has 0 spiro atoms. The average molecular weight is 503 g/mol. The van der Waals surface area contributed by atoms with Crippen LogP contribution in [0.5, 0.6) is 0 Å². The summed E-state index contributed by atoms with van der Waals surface area (Å²) in [7, 11) is 0. The molecule has 1 saturated heterocycles. The van der Waals surface area contributed by atoms with Gasteiger partial charge in [0.15, 0.2) is 0 Å². The Bertz CT molecular complexity index is 1380. The van der Waals surface area contributed by atoms with Gasteiger partial charge in [-0.05, 0) is 38.8 Å². The lowest BCUT2D eigenvalue weighted by Crippen LogP contribution is -2.27. The van der Waals surface area contributed by atoms with Crippen LogP contribution in [-0.4, -0.2) is 37.2 Å². The van der Waals surface area contributed by atoms with Crippen LogP contribution in [0.25, 0.3) is 21.5 Å². The zero-order valence-electron chi connectivity index (χ0n) is 18.8. The molecular weight excluding hydrogens is 481 g/mol. The van der Waals surface area contributed by atoms with Crippen LogP contribution in [0.1, 0.15) is 58.7 Å². The first kappa shape index (κ1) is 23.4. The molecule has 1 aliphatic rings. The number of aromatic nitrogens is 5. The summed E-state index contributed by atoms with van der Waals surface area (Å²) in [6.07, 6.45) is 2.87. The van der Waals surface area contributed by atoms with E-state index < -0.39 is 23.9 Å². The predicted octanol–water partition coefficient (Wildman–Crippen LogP) is 5.08. The Hall–Kier alpha value is -3.38. The Kier molecular flexibility index (Phi) is 6.01. The molecule has 4 aromatic rings. The van der Waals surface area contributed by atoms with Crippen LogP contribution in [0.3, 0.4) is 0 Å². The van der Waals surface area contributed by atoms with Crippen LogP contribution in [0.4, 0.5) is 13.2 Å². The van der Waals surface area contributed by atoms with Gasteiger partial charge in [0.2, 0.25) is 5.82 Å². The summed E-state index contributed by atoms with van der Waals surface area (Å²) in [6.45, 7) is 4.29. The van der Waals surface area contributed by atoms with Crippen molar-refractivity contribution in [3.05, 3.63) is 58.7 Å². The Morgan fingerprint density at radius 2 is 2.00 bits per heavy atom. The summed E-state index contributed by atoms with van der Waals surface area (Å²) in [5.74, 6) is -1.63. The number of hydrogen-bond acceptors (Lipinski definition) is 7. The van der Waals surface area contributed by atoms with Gasteiger partial charge in [-0.3, -0.25) is 4.79 Å². The highest BCUT2D eigenvalue weighted by Crippen LogP contribution is 2.34. The molecule has 1 N–H and O–H groups in total. The summed E-state index contributed by atoms with van der Waals surface area (Å²) in [4.78, 5) is 25.4. The summed E-state index contributed by atoms with van der Waals surface area (Å²) in [5, 5.41) is 9.09. The maximum atomic E-state index is 13.1. The van der Waals surface area contributed by atoms with Crippen LogP contribution < -0.4 is 5.32 Å². The van der Waals surface area contributed by atoms with Crippen LogP contribution in [-0.2, 0) is 10.9 Å². The summed E-state index contributed by atoms with van der Waals surface area (Å²) in [5.41, 5.74) is 2.12. The lowest BCUT2D eigenvalue weighted by molar-refractivity contribution is -0.145. The van der Waals surface area contributed by atoms with E-state index in [2.05, 4.69) is 25.4 Å². The number of amides is 1. The van der Waals surface area contributed by atoms with E-state index in [1.807, 2.05) is 13.1 Å². The molecule has 0 radical (unpaired) electrons. The van der Waals surface area contributed by atoms with Crippen molar-refractivity contribution in [1.29, 1.82) is 0 Å². The van der Waals surface area contributed by atoms with Gasteiger partial charge in [0, 0.05) is 58.3 Å². The number of alkyl halides is 3. The molecular formula is C23H21F3N6O2S. The number of ether oxygens (including phenoxy) is 1. The van der Waals surface area contributed by atoms with E-state index in [0.717, 1.165) is 46.1 Å². The van der Waals surface area contributed by atoms with Crippen molar-refractivity contribution in [2.45, 2.75) is 45.1 Å². The second-order valence-corrected chi connectivity index (χ2v) is 9.58. The second-order valence-electron chi connectivity index (χ2n) is 8.34. The minimum Gasteiger partial charge on any atom is -0.357 e. The highest BCUT2D eigenvalue weighted by atomic mass is 32.1. The van der Waals surface area contributed by atoms with Gasteiger partial charge in [0.1, 0.15) is 11.2 Å². The number of thiazole rings is 1. The molecule has 0 saturated carbocycles. The maximum absolute atomic E-state index is 13.1. The summed E-state index contributed by atoms with van der Waals surface area (Å²) < 4.78 is 45.8. The van der Waals surface area contributed by atoms with Gasteiger partial charge in [-0.15, -0.1) is 11.3 Å². The fourth-order valence-corrected chi connectivity index (χ4v) is 4.71. The first-order valence-corrected chi connectivity index (χ1v) is 11.8. The standard InChI is InChI=1S/C23H21F3N6O2S/c1-12-8-27-21(35-12)16-6-14(7-18-17(16)11-32(31-18)19-4-3-5-34-19)20(33)30-13(2)15-9-28-22(29-10-15)23(24,25)26/h6-11,13,19H,3-5H2,1-2H3,(H,30,33). The molecule has 1 amide bonds.